The van der Waals surface area contributed by atoms with E-state index in [-0.39, 0.29) is 5.82 Å². The third kappa shape index (κ3) is 4.91. The topological polar surface area (TPSA) is 49.8 Å². The van der Waals surface area contributed by atoms with E-state index in [9.17, 15) is 4.39 Å². The molecule has 1 aromatic carbocycles. The molecule has 2 N–H and O–H groups in total. The SMILES string of the molecule is Cc1cc(NCCc2ccc(F)cc2)nc(NC2CCCCC2)n1. The van der Waals surface area contributed by atoms with Gasteiger partial charge in [-0.25, -0.2) is 9.37 Å². The summed E-state index contributed by atoms with van der Waals surface area (Å²) in [4.78, 5) is 9.08. The summed E-state index contributed by atoms with van der Waals surface area (Å²) in [5.74, 6) is 1.35. The summed E-state index contributed by atoms with van der Waals surface area (Å²) in [6, 6.07) is 9.08. The molecule has 2 aromatic rings. The van der Waals surface area contributed by atoms with Crippen molar-refractivity contribution in [1.29, 1.82) is 0 Å². The molecule has 0 aliphatic heterocycles. The number of hydrogen-bond acceptors (Lipinski definition) is 4. The van der Waals surface area contributed by atoms with Crippen molar-refractivity contribution in [2.45, 2.75) is 51.5 Å². The van der Waals surface area contributed by atoms with E-state index >= 15 is 0 Å². The highest BCUT2D eigenvalue weighted by atomic mass is 19.1. The Morgan fingerprint density at radius 1 is 1.08 bits per heavy atom. The minimum Gasteiger partial charge on any atom is -0.370 e. The zero-order chi connectivity index (χ0) is 16.8. The standard InChI is InChI=1S/C19H25FN4/c1-14-13-18(21-12-11-15-7-9-16(20)10-8-15)24-19(22-14)23-17-5-3-2-4-6-17/h7-10,13,17H,2-6,11-12H2,1H3,(H2,21,22,23,24). The fourth-order valence-electron chi connectivity index (χ4n) is 3.14. The van der Waals surface area contributed by atoms with Gasteiger partial charge in [0.05, 0.1) is 0 Å². The molecule has 1 saturated carbocycles. The fourth-order valence-corrected chi connectivity index (χ4v) is 3.14. The van der Waals surface area contributed by atoms with Gasteiger partial charge in [-0.1, -0.05) is 31.4 Å². The fraction of sp³-hybridized carbons (Fsp3) is 0.474. The van der Waals surface area contributed by atoms with E-state index in [0.717, 1.165) is 30.0 Å². The first-order valence-electron chi connectivity index (χ1n) is 8.79. The molecule has 1 aromatic heterocycles. The van der Waals surface area contributed by atoms with Gasteiger partial charge in [0.25, 0.3) is 0 Å². The molecular weight excluding hydrogens is 303 g/mol. The zero-order valence-corrected chi connectivity index (χ0v) is 14.2. The van der Waals surface area contributed by atoms with Gasteiger partial charge in [0, 0.05) is 24.3 Å². The summed E-state index contributed by atoms with van der Waals surface area (Å²) < 4.78 is 12.9. The van der Waals surface area contributed by atoms with Gasteiger partial charge in [-0.3, -0.25) is 0 Å². The van der Waals surface area contributed by atoms with Crippen molar-refractivity contribution in [3.63, 3.8) is 0 Å². The van der Waals surface area contributed by atoms with Gasteiger partial charge in [-0.15, -0.1) is 0 Å². The zero-order valence-electron chi connectivity index (χ0n) is 14.2. The average Bonchev–Trinajstić information content (AvgIpc) is 2.57. The number of benzene rings is 1. The monoisotopic (exact) mass is 328 g/mol. The van der Waals surface area contributed by atoms with Crippen LogP contribution in [-0.4, -0.2) is 22.6 Å². The lowest BCUT2D eigenvalue weighted by Gasteiger charge is -2.23. The first-order chi connectivity index (χ1) is 11.7. The minimum absolute atomic E-state index is 0.198. The number of nitrogens with zero attached hydrogens (tertiary/aromatic N) is 2. The van der Waals surface area contributed by atoms with Gasteiger partial charge >= 0.3 is 0 Å². The molecule has 5 heteroatoms. The van der Waals surface area contributed by atoms with Crippen LogP contribution in [0, 0.1) is 12.7 Å². The number of aromatic nitrogens is 2. The summed E-state index contributed by atoms with van der Waals surface area (Å²) in [5, 5.41) is 6.81. The molecule has 24 heavy (non-hydrogen) atoms. The van der Waals surface area contributed by atoms with Crippen LogP contribution in [0.15, 0.2) is 30.3 Å². The smallest absolute Gasteiger partial charge is 0.225 e. The molecule has 0 saturated heterocycles. The Balaban J connectivity index is 1.55. The van der Waals surface area contributed by atoms with Crippen LogP contribution >= 0.6 is 0 Å². The highest BCUT2D eigenvalue weighted by Gasteiger charge is 2.14. The van der Waals surface area contributed by atoms with E-state index in [1.54, 1.807) is 0 Å². The van der Waals surface area contributed by atoms with Crippen molar-refractivity contribution >= 4 is 11.8 Å². The summed E-state index contributed by atoms with van der Waals surface area (Å²) in [7, 11) is 0. The predicted molar refractivity (Wildman–Crippen MR) is 95.9 cm³/mol. The molecule has 1 fully saturated rings. The number of nitrogens with one attached hydrogen (secondary N) is 2. The Morgan fingerprint density at radius 2 is 1.83 bits per heavy atom. The molecule has 0 spiro atoms. The normalized spacial score (nSPS) is 15.2. The van der Waals surface area contributed by atoms with Crippen LogP contribution in [-0.2, 0) is 6.42 Å². The van der Waals surface area contributed by atoms with Crippen LogP contribution in [0.5, 0.6) is 0 Å². The van der Waals surface area contributed by atoms with Gasteiger partial charge in [0.1, 0.15) is 11.6 Å². The molecule has 1 aliphatic rings. The molecule has 1 heterocycles. The molecule has 3 rings (SSSR count). The van der Waals surface area contributed by atoms with Gasteiger partial charge in [-0.2, -0.15) is 4.98 Å². The highest BCUT2D eigenvalue weighted by molar-refractivity contribution is 5.42. The van der Waals surface area contributed by atoms with Gasteiger partial charge in [0.2, 0.25) is 5.95 Å². The number of anilines is 2. The van der Waals surface area contributed by atoms with E-state index in [1.165, 1.54) is 44.2 Å². The van der Waals surface area contributed by atoms with Crippen molar-refractivity contribution < 1.29 is 4.39 Å². The Hall–Kier alpha value is -2.17. The summed E-state index contributed by atoms with van der Waals surface area (Å²) >= 11 is 0. The van der Waals surface area contributed by atoms with E-state index < -0.39 is 0 Å². The van der Waals surface area contributed by atoms with E-state index in [4.69, 9.17) is 0 Å². The van der Waals surface area contributed by atoms with Crippen molar-refractivity contribution in [1.82, 2.24) is 9.97 Å². The molecular formula is C19H25FN4. The van der Waals surface area contributed by atoms with Gasteiger partial charge in [-0.05, 0) is 43.9 Å². The minimum atomic E-state index is -0.198. The molecule has 128 valence electrons. The van der Waals surface area contributed by atoms with Crippen molar-refractivity contribution in [3.05, 3.63) is 47.4 Å². The lowest BCUT2D eigenvalue weighted by molar-refractivity contribution is 0.461. The Labute approximate surface area is 142 Å². The number of rotatable bonds is 6. The van der Waals surface area contributed by atoms with Crippen LogP contribution in [0.4, 0.5) is 16.2 Å². The Morgan fingerprint density at radius 3 is 2.58 bits per heavy atom. The number of hydrogen-bond donors (Lipinski definition) is 2. The lowest BCUT2D eigenvalue weighted by atomic mass is 9.96. The van der Waals surface area contributed by atoms with Crippen LogP contribution < -0.4 is 10.6 Å². The summed E-state index contributed by atoms with van der Waals surface area (Å²) in [6.07, 6.45) is 7.13. The molecule has 0 unspecified atom stereocenters. The Bertz CT molecular complexity index is 651. The first-order valence-corrected chi connectivity index (χ1v) is 8.79. The largest absolute Gasteiger partial charge is 0.370 e. The predicted octanol–water partition coefficient (Wildman–Crippen LogP) is 4.32. The molecule has 1 aliphatic carbocycles. The van der Waals surface area contributed by atoms with Gasteiger partial charge in [0.15, 0.2) is 0 Å². The second-order valence-electron chi connectivity index (χ2n) is 6.50. The molecule has 4 nitrogen and oxygen atoms in total. The van der Waals surface area contributed by atoms with Crippen molar-refractivity contribution in [3.8, 4) is 0 Å². The van der Waals surface area contributed by atoms with Crippen LogP contribution in [0.1, 0.15) is 43.4 Å². The maximum atomic E-state index is 12.9. The third-order valence-electron chi connectivity index (χ3n) is 4.43. The molecule has 0 atom stereocenters. The molecule has 0 bridgehead atoms. The van der Waals surface area contributed by atoms with Crippen LogP contribution in [0.25, 0.3) is 0 Å². The van der Waals surface area contributed by atoms with Crippen molar-refractivity contribution in [2.75, 3.05) is 17.2 Å². The van der Waals surface area contributed by atoms with Crippen molar-refractivity contribution in [2.24, 2.45) is 0 Å². The van der Waals surface area contributed by atoms with E-state index in [0.29, 0.717) is 12.0 Å². The lowest BCUT2D eigenvalue weighted by Crippen LogP contribution is -2.24. The molecule has 0 amide bonds. The van der Waals surface area contributed by atoms with Crippen LogP contribution in [0.3, 0.4) is 0 Å². The second-order valence-corrected chi connectivity index (χ2v) is 6.50. The second kappa shape index (κ2) is 8.08. The van der Waals surface area contributed by atoms with Gasteiger partial charge < -0.3 is 10.6 Å². The highest BCUT2D eigenvalue weighted by Crippen LogP contribution is 2.21. The number of halogens is 1. The maximum Gasteiger partial charge on any atom is 0.225 e. The first kappa shape index (κ1) is 16.7. The quantitative estimate of drug-likeness (QED) is 0.829. The summed E-state index contributed by atoms with van der Waals surface area (Å²) in [6.45, 7) is 2.74. The van der Waals surface area contributed by atoms with E-state index in [1.807, 2.05) is 25.1 Å². The average molecular weight is 328 g/mol. The third-order valence-corrected chi connectivity index (χ3v) is 4.43. The van der Waals surface area contributed by atoms with Crippen LogP contribution in [0.2, 0.25) is 0 Å². The maximum absolute atomic E-state index is 12.9. The molecule has 0 radical (unpaired) electrons. The Kier molecular flexibility index (Phi) is 5.62. The van der Waals surface area contributed by atoms with E-state index in [2.05, 4.69) is 20.6 Å². The summed E-state index contributed by atoms with van der Waals surface area (Å²) in [5.41, 5.74) is 2.06. The number of aryl methyl sites for hydroxylation is 1.